The summed E-state index contributed by atoms with van der Waals surface area (Å²) in [7, 11) is 0. The number of rotatable bonds is 4. The van der Waals surface area contributed by atoms with Gasteiger partial charge in [-0.25, -0.2) is 0 Å². The fraction of sp³-hybridized carbons (Fsp3) is 0.467. The van der Waals surface area contributed by atoms with Crippen molar-refractivity contribution in [3.05, 3.63) is 34.9 Å². The number of carbonyl (C=O) groups excluding carboxylic acids is 2. The smallest absolute Gasteiger partial charge is 0.221 e. The van der Waals surface area contributed by atoms with Crippen molar-refractivity contribution in [3.8, 4) is 0 Å². The zero-order valence-electron chi connectivity index (χ0n) is 11.5. The molecular weight excluding hydrogens is 240 g/mol. The maximum absolute atomic E-state index is 12.3. The van der Waals surface area contributed by atoms with Crippen LogP contribution in [0.15, 0.2) is 18.2 Å². The van der Waals surface area contributed by atoms with E-state index in [1.54, 1.807) is 0 Å². The van der Waals surface area contributed by atoms with Gasteiger partial charge in [0.25, 0.3) is 0 Å². The van der Waals surface area contributed by atoms with Crippen molar-refractivity contribution >= 4 is 11.7 Å². The molecule has 0 radical (unpaired) electrons. The number of Topliss-reactive ketones (excluding diaryl/α,β-unsaturated/α-hetero) is 1. The summed E-state index contributed by atoms with van der Waals surface area (Å²) in [6.45, 7) is 5.67. The van der Waals surface area contributed by atoms with Crippen LogP contribution in [0, 0.1) is 19.8 Å². The van der Waals surface area contributed by atoms with Crippen LogP contribution < -0.4 is 5.73 Å². The van der Waals surface area contributed by atoms with E-state index in [1.807, 2.05) is 36.9 Å². The topological polar surface area (TPSA) is 63.4 Å². The van der Waals surface area contributed by atoms with E-state index < -0.39 is 0 Å². The lowest BCUT2D eigenvalue weighted by molar-refractivity contribution is -0.121. The van der Waals surface area contributed by atoms with Crippen molar-refractivity contribution in [3.63, 3.8) is 0 Å². The normalized spacial score (nSPS) is 19.6. The molecule has 1 amide bonds. The van der Waals surface area contributed by atoms with E-state index in [1.165, 1.54) is 0 Å². The highest BCUT2D eigenvalue weighted by Crippen LogP contribution is 2.17. The lowest BCUT2D eigenvalue weighted by atomic mass is 10.0. The number of carbonyl (C=O) groups is 2. The Morgan fingerprint density at radius 3 is 2.74 bits per heavy atom. The summed E-state index contributed by atoms with van der Waals surface area (Å²) in [6.07, 6.45) is 0.759. The van der Waals surface area contributed by atoms with Crippen molar-refractivity contribution in [1.29, 1.82) is 0 Å². The lowest BCUT2D eigenvalue weighted by Gasteiger charge is -2.15. The van der Waals surface area contributed by atoms with E-state index in [-0.39, 0.29) is 17.6 Å². The van der Waals surface area contributed by atoms with Gasteiger partial charge in [-0.2, -0.15) is 0 Å². The molecule has 1 aliphatic heterocycles. The largest absolute Gasteiger partial charge is 0.369 e. The van der Waals surface area contributed by atoms with E-state index in [4.69, 9.17) is 5.73 Å². The van der Waals surface area contributed by atoms with E-state index in [2.05, 4.69) is 0 Å². The third-order valence-corrected chi connectivity index (χ3v) is 3.74. The summed E-state index contributed by atoms with van der Waals surface area (Å²) in [5.74, 6) is -0.251. The van der Waals surface area contributed by atoms with Gasteiger partial charge in [0, 0.05) is 12.1 Å². The minimum atomic E-state index is -0.262. The first kappa shape index (κ1) is 13.7. The van der Waals surface area contributed by atoms with Gasteiger partial charge in [0.2, 0.25) is 5.91 Å². The second-order valence-corrected chi connectivity index (χ2v) is 5.36. The van der Waals surface area contributed by atoms with Crippen LogP contribution in [0.2, 0.25) is 0 Å². The van der Waals surface area contributed by atoms with E-state index in [0.717, 1.165) is 29.7 Å². The molecule has 0 aromatic heterocycles. The van der Waals surface area contributed by atoms with Crippen molar-refractivity contribution in [2.45, 2.75) is 20.3 Å². The Balaban J connectivity index is 2.02. The Hall–Kier alpha value is -1.68. The first-order chi connectivity index (χ1) is 8.97. The van der Waals surface area contributed by atoms with Crippen LogP contribution in [-0.2, 0) is 4.79 Å². The van der Waals surface area contributed by atoms with Crippen molar-refractivity contribution in [2.75, 3.05) is 19.6 Å². The minimum absolute atomic E-state index is 0.105. The van der Waals surface area contributed by atoms with Crippen molar-refractivity contribution in [1.82, 2.24) is 4.90 Å². The fourth-order valence-corrected chi connectivity index (χ4v) is 2.53. The van der Waals surface area contributed by atoms with E-state index in [9.17, 15) is 9.59 Å². The molecule has 1 unspecified atom stereocenters. The molecule has 2 rings (SSSR count). The third-order valence-electron chi connectivity index (χ3n) is 3.74. The van der Waals surface area contributed by atoms with Crippen LogP contribution in [0.5, 0.6) is 0 Å². The molecule has 19 heavy (non-hydrogen) atoms. The lowest BCUT2D eigenvalue weighted by Crippen LogP contribution is -2.31. The Morgan fingerprint density at radius 2 is 2.11 bits per heavy atom. The first-order valence-corrected chi connectivity index (χ1v) is 6.59. The molecule has 0 saturated carbocycles. The van der Waals surface area contributed by atoms with Crippen LogP contribution >= 0.6 is 0 Å². The molecule has 1 aromatic carbocycles. The number of ketones is 1. The molecule has 1 fully saturated rings. The summed E-state index contributed by atoms with van der Waals surface area (Å²) in [5.41, 5.74) is 8.16. The average Bonchev–Trinajstić information content (AvgIpc) is 2.80. The number of amides is 1. The highest BCUT2D eigenvalue weighted by Gasteiger charge is 2.28. The molecule has 0 aliphatic carbocycles. The molecular formula is C15H20N2O2. The number of primary amides is 1. The third kappa shape index (κ3) is 3.20. The number of hydrogen-bond donors (Lipinski definition) is 1. The SMILES string of the molecule is Cc1ccc(C)c(C(=O)CN2CCC(C(N)=O)C2)c1. The molecule has 0 spiro atoms. The molecule has 4 nitrogen and oxygen atoms in total. The van der Waals surface area contributed by atoms with Gasteiger partial charge in [-0.05, 0) is 38.4 Å². The van der Waals surface area contributed by atoms with Gasteiger partial charge in [0.15, 0.2) is 5.78 Å². The van der Waals surface area contributed by atoms with Gasteiger partial charge in [0.1, 0.15) is 0 Å². The van der Waals surface area contributed by atoms with Crippen molar-refractivity contribution < 1.29 is 9.59 Å². The van der Waals surface area contributed by atoms with Crippen LogP contribution in [-0.4, -0.2) is 36.2 Å². The fourth-order valence-electron chi connectivity index (χ4n) is 2.53. The number of nitrogens with zero attached hydrogens (tertiary/aromatic N) is 1. The van der Waals surface area contributed by atoms with Crippen LogP contribution in [0.25, 0.3) is 0 Å². The Morgan fingerprint density at radius 1 is 1.37 bits per heavy atom. The minimum Gasteiger partial charge on any atom is -0.369 e. The van der Waals surface area contributed by atoms with Crippen LogP contribution in [0.1, 0.15) is 27.9 Å². The van der Waals surface area contributed by atoms with Gasteiger partial charge in [0.05, 0.1) is 12.5 Å². The number of nitrogens with two attached hydrogens (primary N) is 1. The van der Waals surface area contributed by atoms with Gasteiger partial charge in [-0.3, -0.25) is 14.5 Å². The van der Waals surface area contributed by atoms with Crippen LogP contribution in [0.3, 0.4) is 0 Å². The molecule has 1 saturated heterocycles. The number of likely N-dealkylation sites (tertiary alicyclic amines) is 1. The van der Waals surface area contributed by atoms with Crippen molar-refractivity contribution in [2.24, 2.45) is 11.7 Å². The second-order valence-electron chi connectivity index (χ2n) is 5.36. The van der Waals surface area contributed by atoms with Gasteiger partial charge in [-0.15, -0.1) is 0 Å². The summed E-state index contributed by atoms with van der Waals surface area (Å²) < 4.78 is 0. The molecule has 2 N–H and O–H groups in total. The molecule has 1 aromatic rings. The molecule has 4 heteroatoms. The van der Waals surface area contributed by atoms with Gasteiger partial charge >= 0.3 is 0 Å². The highest BCUT2D eigenvalue weighted by atomic mass is 16.1. The zero-order chi connectivity index (χ0) is 14.0. The standard InChI is InChI=1S/C15H20N2O2/c1-10-3-4-11(2)13(7-10)14(18)9-17-6-5-12(8-17)15(16)19/h3-4,7,12H,5-6,8-9H2,1-2H3,(H2,16,19). The molecule has 102 valence electrons. The number of hydrogen-bond acceptors (Lipinski definition) is 3. The average molecular weight is 260 g/mol. The highest BCUT2D eigenvalue weighted by molar-refractivity contribution is 5.99. The Labute approximate surface area is 113 Å². The van der Waals surface area contributed by atoms with Crippen LogP contribution in [0.4, 0.5) is 0 Å². The summed E-state index contributed by atoms with van der Waals surface area (Å²) in [6, 6.07) is 5.91. The monoisotopic (exact) mass is 260 g/mol. The predicted molar refractivity (Wildman–Crippen MR) is 74.0 cm³/mol. The van der Waals surface area contributed by atoms with Gasteiger partial charge in [-0.1, -0.05) is 17.7 Å². The molecule has 1 atom stereocenters. The van der Waals surface area contributed by atoms with E-state index in [0.29, 0.717) is 13.1 Å². The maximum atomic E-state index is 12.3. The maximum Gasteiger partial charge on any atom is 0.221 e. The predicted octanol–water partition coefficient (Wildman–Crippen LogP) is 1.29. The summed E-state index contributed by atoms with van der Waals surface area (Å²) >= 11 is 0. The number of aryl methyl sites for hydroxylation is 2. The molecule has 1 heterocycles. The van der Waals surface area contributed by atoms with Gasteiger partial charge < -0.3 is 5.73 Å². The first-order valence-electron chi connectivity index (χ1n) is 6.59. The van der Waals surface area contributed by atoms with E-state index >= 15 is 0 Å². The second kappa shape index (κ2) is 5.53. The Bertz CT molecular complexity index is 511. The molecule has 1 aliphatic rings. The summed E-state index contributed by atoms with van der Waals surface area (Å²) in [5, 5.41) is 0. The summed E-state index contributed by atoms with van der Waals surface area (Å²) in [4.78, 5) is 25.4. The Kier molecular flexibility index (Phi) is 4.00. The molecule has 0 bridgehead atoms. The zero-order valence-corrected chi connectivity index (χ0v) is 11.5. The quantitative estimate of drug-likeness (QED) is 0.830. The number of benzene rings is 1.